The monoisotopic (exact) mass is 589 g/mol. The first-order chi connectivity index (χ1) is 19.7. The van der Waals surface area contributed by atoms with Crippen LogP contribution in [0.15, 0.2) is 114 Å². The second-order valence-electron chi connectivity index (χ2n) is 9.54. The second kappa shape index (κ2) is 13.5. The largest absolute Gasteiger partial charge is 0.357 e. The molecule has 0 saturated carbocycles. The Kier molecular flexibility index (Phi) is 9.81. The fraction of sp³-hybridized carbons (Fsp3) is 0.188. The normalized spacial score (nSPS) is 11.9. The zero-order valence-corrected chi connectivity index (χ0v) is 24.5. The average molecular weight is 590 g/mol. The number of para-hydroxylation sites is 1. The summed E-state index contributed by atoms with van der Waals surface area (Å²) in [6.45, 7) is 1.48. The number of hydrogen-bond acceptors (Lipinski definition) is 4. The van der Waals surface area contributed by atoms with Crippen molar-refractivity contribution in [2.24, 2.45) is 0 Å². The van der Waals surface area contributed by atoms with E-state index in [1.807, 2.05) is 61.5 Å². The van der Waals surface area contributed by atoms with Crippen LogP contribution in [0.2, 0.25) is 5.02 Å². The van der Waals surface area contributed by atoms with Crippen LogP contribution in [0.5, 0.6) is 0 Å². The summed E-state index contributed by atoms with van der Waals surface area (Å²) in [6, 6.07) is 30.5. The van der Waals surface area contributed by atoms with Crippen molar-refractivity contribution in [1.82, 2.24) is 10.2 Å². The number of sulfonamides is 1. The fourth-order valence-corrected chi connectivity index (χ4v) is 6.32. The number of amides is 2. The number of anilines is 1. The molecule has 1 unspecified atom stereocenters. The molecule has 1 atom stereocenters. The zero-order chi connectivity index (χ0) is 29.4. The quantitative estimate of drug-likeness (QED) is 0.260. The number of nitrogens with one attached hydrogen (secondary N) is 1. The van der Waals surface area contributed by atoms with E-state index >= 15 is 0 Å². The van der Waals surface area contributed by atoms with Gasteiger partial charge in [-0.1, -0.05) is 96.5 Å². The van der Waals surface area contributed by atoms with Gasteiger partial charge >= 0.3 is 0 Å². The van der Waals surface area contributed by atoms with Crippen molar-refractivity contribution in [3.8, 4) is 0 Å². The topological polar surface area (TPSA) is 86.8 Å². The molecule has 0 heterocycles. The molecule has 0 aliphatic heterocycles. The minimum Gasteiger partial charge on any atom is -0.357 e. The van der Waals surface area contributed by atoms with Gasteiger partial charge in [-0.2, -0.15) is 0 Å². The third-order valence-electron chi connectivity index (χ3n) is 6.85. The van der Waals surface area contributed by atoms with E-state index < -0.39 is 28.5 Å². The summed E-state index contributed by atoms with van der Waals surface area (Å²) in [4.78, 5) is 29.1. The molecule has 212 valence electrons. The number of rotatable bonds is 11. The van der Waals surface area contributed by atoms with E-state index in [2.05, 4.69) is 5.32 Å². The lowest BCUT2D eigenvalue weighted by Crippen LogP contribution is -2.53. The van der Waals surface area contributed by atoms with Crippen LogP contribution in [0, 0.1) is 6.92 Å². The van der Waals surface area contributed by atoms with Gasteiger partial charge in [-0.25, -0.2) is 8.42 Å². The van der Waals surface area contributed by atoms with Crippen LogP contribution in [-0.2, 0) is 32.6 Å². The van der Waals surface area contributed by atoms with Gasteiger partial charge in [-0.05, 0) is 47.9 Å². The van der Waals surface area contributed by atoms with Crippen LogP contribution >= 0.6 is 11.6 Å². The predicted octanol–water partition coefficient (Wildman–Crippen LogP) is 5.23. The van der Waals surface area contributed by atoms with E-state index in [0.29, 0.717) is 0 Å². The molecule has 4 aromatic rings. The van der Waals surface area contributed by atoms with Crippen molar-refractivity contribution in [3.05, 3.63) is 131 Å². The van der Waals surface area contributed by atoms with Gasteiger partial charge in [0.1, 0.15) is 12.6 Å². The standard InChI is InChI=1S/C32H32ClN3O4S/c1-24-13-9-10-16-26(24)22-35(30(32(38)34-2)21-25-14-5-3-6-15-25)31(37)23-36(29-20-12-11-19-28(29)33)41(39,40)27-17-7-4-8-18-27/h3-20,30H,21-23H2,1-2H3,(H,34,38). The summed E-state index contributed by atoms with van der Waals surface area (Å²) in [7, 11) is -2.68. The van der Waals surface area contributed by atoms with Gasteiger partial charge in [0.25, 0.3) is 10.0 Å². The first-order valence-corrected chi connectivity index (χ1v) is 15.0. The first kappa shape index (κ1) is 29.8. The smallest absolute Gasteiger partial charge is 0.264 e. The number of hydrogen-bond donors (Lipinski definition) is 1. The van der Waals surface area contributed by atoms with Crippen molar-refractivity contribution < 1.29 is 18.0 Å². The maximum Gasteiger partial charge on any atom is 0.264 e. The van der Waals surface area contributed by atoms with E-state index in [1.165, 1.54) is 24.1 Å². The van der Waals surface area contributed by atoms with Gasteiger partial charge < -0.3 is 10.2 Å². The summed E-state index contributed by atoms with van der Waals surface area (Å²) in [5, 5.41) is 2.86. The summed E-state index contributed by atoms with van der Waals surface area (Å²) in [6.07, 6.45) is 0.246. The van der Waals surface area contributed by atoms with Gasteiger partial charge in [0.05, 0.1) is 15.6 Å². The maximum atomic E-state index is 14.3. The molecule has 2 amide bonds. The lowest BCUT2D eigenvalue weighted by atomic mass is 10.0. The highest BCUT2D eigenvalue weighted by atomic mass is 35.5. The Bertz CT molecular complexity index is 1600. The molecule has 0 saturated heterocycles. The highest BCUT2D eigenvalue weighted by Gasteiger charge is 2.35. The van der Waals surface area contributed by atoms with Gasteiger partial charge in [0, 0.05) is 20.0 Å². The Balaban J connectivity index is 1.80. The number of carbonyl (C=O) groups is 2. The van der Waals surface area contributed by atoms with Gasteiger partial charge in [-0.15, -0.1) is 0 Å². The molecule has 4 rings (SSSR count). The average Bonchev–Trinajstić information content (AvgIpc) is 2.99. The van der Waals surface area contributed by atoms with Crippen molar-refractivity contribution in [1.29, 1.82) is 0 Å². The Hall–Kier alpha value is -4.14. The number of benzene rings is 4. The third kappa shape index (κ3) is 7.14. The van der Waals surface area contributed by atoms with Crippen LogP contribution in [0.1, 0.15) is 16.7 Å². The maximum absolute atomic E-state index is 14.3. The molecule has 4 aromatic carbocycles. The van der Waals surface area contributed by atoms with Crippen LogP contribution in [0.3, 0.4) is 0 Å². The molecular formula is C32H32ClN3O4S. The summed E-state index contributed by atoms with van der Waals surface area (Å²) < 4.78 is 28.9. The highest BCUT2D eigenvalue weighted by Crippen LogP contribution is 2.31. The molecular weight excluding hydrogens is 558 g/mol. The minimum atomic E-state index is -4.20. The molecule has 0 radical (unpaired) electrons. The number of halogens is 1. The van der Waals surface area contributed by atoms with Crippen molar-refractivity contribution in [2.45, 2.75) is 30.8 Å². The summed E-state index contributed by atoms with van der Waals surface area (Å²) in [5.41, 5.74) is 2.82. The molecule has 9 heteroatoms. The summed E-state index contributed by atoms with van der Waals surface area (Å²) >= 11 is 6.47. The molecule has 1 N–H and O–H groups in total. The zero-order valence-electron chi connectivity index (χ0n) is 22.9. The summed E-state index contributed by atoms with van der Waals surface area (Å²) in [5.74, 6) is -0.900. The molecule has 0 bridgehead atoms. The Labute approximate surface area is 246 Å². The molecule has 41 heavy (non-hydrogen) atoms. The third-order valence-corrected chi connectivity index (χ3v) is 8.94. The Morgan fingerprint density at radius 1 is 0.829 bits per heavy atom. The van der Waals surface area contributed by atoms with E-state index in [0.717, 1.165) is 21.0 Å². The SMILES string of the molecule is CNC(=O)C(Cc1ccccc1)N(Cc1ccccc1C)C(=O)CN(c1ccccc1Cl)S(=O)(=O)c1ccccc1. The molecule has 7 nitrogen and oxygen atoms in total. The first-order valence-electron chi connectivity index (χ1n) is 13.1. The van der Waals surface area contributed by atoms with Crippen LogP contribution < -0.4 is 9.62 Å². The fourth-order valence-electron chi connectivity index (χ4n) is 4.58. The molecule has 0 aromatic heterocycles. The van der Waals surface area contributed by atoms with Crippen molar-refractivity contribution >= 4 is 39.1 Å². The van der Waals surface area contributed by atoms with E-state index in [4.69, 9.17) is 11.6 Å². The second-order valence-corrected chi connectivity index (χ2v) is 11.8. The van der Waals surface area contributed by atoms with E-state index in [1.54, 1.807) is 42.5 Å². The van der Waals surface area contributed by atoms with E-state index in [-0.39, 0.29) is 34.5 Å². The van der Waals surface area contributed by atoms with Crippen molar-refractivity contribution in [3.63, 3.8) is 0 Å². The van der Waals surface area contributed by atoms with Gasteiger partial charge in [0.2, 0.25) is 11.8 Å². The van der Waals surface area contributed by atoms with Crippen LogP contribution in [0.25, 0.3) is 0 Å². The van der Waals surface area contributed by atoms with E-state index in [9.17, 15) is 18.0 Å². The molecule has 0 aliphatic carbocycles. The van der Waals surface area contributed by atoms with Gasteiger partial charge in [-0.3, -0.25) is 13.9 Å². The molecule has 0 fully saturated rings. The molecule has 0 spiro atoms. The minimum absolute atomic E-state index is 0.0188. The number of likely N-dealkylation sites (N-methyl/N-ethyl adjacent to an activating group) is 1. The molecule has 0 aliphatic rings. The highest BCUT2D eigenvalue weighted by molar-refractivity contribution is 7.92. The Morgan fingerprint density at radius 2 is 1.41 bits per heavy atom. The van der Waals surface area contributed by atoms with Gasteiger partial charge in [0.15, 0.2) is 0 Å². The lowest BCUT2D eigenvalue weighted by Gasteiger charge is -2.34. The van der Waals surface area contributed by atoms with Crippen LogP contribution in [-0.4, -0.2) is 44.8 Å². The lowest BCUT2D eigenvalue weighted by molar-refractivity contribution is -0.139. The van der Waals surface area contributed by atoms with Crippen molar-refractivity contribution in [2.75, 3.05) is 17.9 Å². The number of carbonyl (C=O) groups excluding carboxylic acids is 2. The number of nitrogens with zero attached hydrogens (tertiary/aromatic N) is 2. The van der Waals surface area contributed by atoms with Crippen LogP contribution in [0.4, 0.5) is 5.69 Å². The number of aryl methyl sites for hydroxylation is 1. The Morgan fingerprint density at radius 3 is 2.05 bits per heavy atom. The predicted molar refractivity (Wildman–Crippen MR) is 162 cm³/mol.